The molecule has 0 unspecified atom stereocenters. The van der Waals surface area contributed by atoms with Crippen molar-refractivity contribution in [3.05, 3.63) is 101 Å². The van der Waals surface area contributed by atoms with Crippen LogP contribution in [0.4, 0.5) is 4.39 Å². The average molecular weight is 487 g/mol. The molecule has 2 aromatic carbocycles. The number of hydrogen-bond donors (Lipinski definition) is 1. The minimum Gasteiger partial charge on any atom is -0.434 e. The van der Waals surface area contributed by atoms with Crippen molar-refractivity contribution in [1.29, 1.82) is 5.26 Å². The number of halogens is 3. The Morgan fingerprint density at radius 3 is 2.36 bits per heavy atom. The fraction of sp³-hybridized carbons (Fsp3) is 0. The zero-order valence-corrected chi connectivity index (χ0v) is 17.6. The second kappa shape index (κ2) is 8.70. The zero-order chi connectivity index (χ0) is 23.7. The third kappa shape index (κ3) is 4.38. The predicted octanol–water partition coefficient (Wildman–Crippen LogP) is 2.58. The lowest BCUT2D eigenvalue weighted by Gasteiger charge is -2.12. The van der Waals surface area contributed by atoms with Gasteiger partial charge in [-0.15, -0.1) is 10.2 Å². The van der Waals surface area contributed by atoms with E-state index in [1.807, 2.05) is 4.98 Å². The van der Waals surface area contributed by atoms with Crippen LogP contribution in [-0.2, 0) is 0 Å². The molecule has 2 aromatic heterocycles. The van der Waals surface area contributed by atoms with Gasteiger partial charge >= 0.3 is 5.69 Å². The van der Waals surface area contributed by atoms with Crippen LogP contribution in [0.2, 0.25) is 10.0 Å². The SMILES string of the molecule is N#Cc1nn(-c2cc(Cl)c(Oc3ccc(=O)n(-c4cccc(F)c4)n3)c(Cl)c2)c(=O)[nH]c1=O. The number of aromatic nitrogens is 5. The Morgan fingerprint density at radius 2 is 1.70 bits per heavy atom. The second-order valence-corrected chi connectivity index (χ2v) is 7.19. The number of nitrogens with zero attached hydrogens (tertiary/aromatic N) is 5. The van der Waals surface area contributed by atoms with Crippen LogP contribution in [-0.4, -0.2) is 24.5 Å². The summed E-state index contributed by atoms with van der Waals surface area (Å²) in [7, 11) is 0. The second-order valence-electron chi connectivity index (χ2n) is 6.37. The lowest BCUT2D eigenvalue weighted by atomic mass is 10.3. The zero-order valence-electron chi connectivity index (χ0n) is 16.1. The van der Waals surface area contributed by atoms with E-state index in [0.29, 0.717) is 0 Å². The molecule has 2 heterocycles. The van der Waals surface area contributed by atoms with Crippen LogP contribution < -0.4 is 21.5 Å². The molecule has 0 fully saturated rings. The van der Waals surface area contributed by atoms with Crippen LogP contribution in [0.3, 0.4) is 0 Å². The third-order valence-corrected chi connectivity index (χ3v) is 4.76. The summed E-state index contributed by atoms with van der Waals surface area (Å²) in [6.07, 6.45) is 0. The molecule has 164 valence electrons. The van der Waals surface area contributed by atoms with Crippen molar-refractivity contribution in [1.82, 2.24) is 24.5 Å². The molecule has 0 radical (unpaired) electrons. The monoisotopic (exact) mass is 486 g/mol. The summed E-state index contributed by atoms with van der Waals surface area (Å²) >= 11 is 12.5. The maximum absolute atomic E-state index is 13.5. The van der Waals surface area contributed by atoms with Gasteiger partial charge in [0.25, 0.3) is 11.1 Å². The first-order valence-electron chi connectivity index (χ1n) is 8.94. The minimum atomic E-state index is -0.935. The van der Waals surface area contributed by atoms with Gasteiger partial charge in [-0.05, 0) is 30.3 Å². The van der Waals surface area contributed by atoms with Gasteiger partial charge in [0.1, 0.15) is 11.9 Å². The Balaban J connectivity index is 1.74. The molecule has 4 aromatic rings. The van der Waals surface area contributed by atoms with Crippen molar-refractivity contribution in [2.75, 3.05) is 0 Å². The van der Waals surface area contributed by atoms with Crippen LogP contribution in [0.15, 0.2) is 62.9 Å². The molecule has 4 rings (SSSR count). The molecule has 0 saturated carbocycles. The molecule has 0 spiro atoms. The van der Waals surface area contributed by atoms with Crippen LogP contribution in [0.1, 0.15) is 5.69 Å². The Bertz CT molecular complexity index is 1600. The fourth-order valence-corrected chi connectivity index (χ4v) is 3.31. The molecule has 33 heavy (non-hydrogen) atoms. The van der Waals surface area contributed by atoms with Crippen LogP contribution in [0.25, 0.3) is 11.4 Å². The van der Waals surface area contributed by atoms with Gasteiger partial charge in [0.15, 0.2) is 5.75 Å². The summed E-state index contributed by atoms with van der Waals surface area (Å²) in [6.45, 7) is 0. The molecular formula is C20H9Cl2FN6O4. The molecule has 13 heteroatoms. The molecule has 0 atom stereocenters. The van der Waals surface area contributed by atoms with Gasteiger partial charge in [-0.2, -0.15) is 14.6 Å². The summed E-state index contributed by atoms with van der Waals surface area (Å²) in [5.74, 6) is -0.696. The largest absolute Gasteiger partial charge is 0.434 e. The Kier molecular flexibility index (Phi) is 5.78. The summed E-state index contributed by atoms with van der Waals surface area (Å²) in [4.78, 5) is 37.7. The van der Waals surface area contributed by atoms with E-state index in [4.69, 9.17) is 33.2 Å². The summed E-state index contributed by atoms with van der Waals surface area (Å²) in [5.41, 5.74) is -2.69. The highest BCUT2D eigenvalue weighted by molar-refractivity contribution is 6.37. The maximum atomic E-state index is 13.5. The van der Waals surface area contributed by atoms with Crippen molar-refractivity contribution in [2.45, 2.75) is 0 Å². The molecule has 0 bridgehead atoms. The summed E-state index contributed by atoms with van der Waals surface area (Å²) in [6, 6.07) is 11.8. The van der Waals surface area contributed by atoms with Gasteiger partial charge in [0.05, 0.1) is 21.4 Å². The molecule has 1 N–H and O–H groups in total. The topological polar surface area (TPSA) is 136 Å². The Hall–Kier alpha value is -4.27. The summed E-state index contributed by atoms with van der Waals surface area (Å²) < 4.78 is 20.8. The maximum Gasteiger partial charge on any atom is 0.349 e. The van der Waals surface area contributed by atoms with Crippen molar-refractivity contribution < 1.29 is 9.13 Å². The number of benzene rings is 2. The first-order valence-corrected chi connectivity index (χ1v) is 9.70. The highest BCUT2D eigenvalue weighted by Crippen LogP contribution is 2.37. The van der Waals surface area contributed by atoms with E-state index in [1.165, 1.54) is 36.4 Å². The Labute approximate surface area is 192 Å². The molecule has 0 aliphatic heterocycles. The van der Waals surface area contributed by atoms with E-state index in [9.17, 15) is 18.8 Å². The molecule has 0 aliphatic carbocycles. The molecule has 10 nitrogen and oxygen atoms in total. The van der Waals surface area contributed by atoms with Crippen molar-refractivity contribution in [3.8, 4) is 29.1 Å². The lowest BCUT2D eigenvalue weighted by molar-refractivity contribution is 0.447. The predicted molar refractivity (Wildman–Crippen MR) is 115 cm³/mol. The first kappa shape index (κ1) is 21.9. The van der Waals surface area contributed by atoms with Gasteiger partial charge in [0.2, 0.25) is 11.6 Å². The number of hydrogen-bond acceptors (Lipinski definition) is 7. The van der Waals surface area contributed by atoms with Gasteiger partial charge in [-0.3, -0.25) is 14.6 Å². The minimum absolute atomic E-state index is 0.0489. The van der Waals surface area contributed by atoms with Crippen LogP contribution in [0.5, 0.6) is 11.6 Å². The Morgan fingerprint density at radius 1 is 0.970 bits per heavy atom. The van der Waals surface area contributed by atoms with Gasteiger partial charge < -0.3 is 4.74 Å². The molecule has 0 aliphatic rings. The molecule has 0 amide bonds. The van der Waals surface area contributed by atoms with E-state index in [2.05, 4.69) is 10.2 Å². The summed E-state index contributed by atoms with van der Waals surface area (Å²) in [5, 5.41) is 16.6. The first-order chi connectivity index (χ1) is 15.8. The van der Waals surface area contributed by atoms with Gasteiger partial charge in [0, 0.05) is 12.1 Å². The quantitative estimate of drug-likeness (QED) is 0.467. The standard InChI is InChI=1S/C20H9Cl2FN6O4/c21-13-7-12(29-20(32)25-19(31)15(9-24)26-29)8-14(22)18(13)33-16-4-5-17(30)28(27-16)11-3-1-2-10(23)6-11/h1-8H,(H,25,31,32). The van der Waals surface area contributed by atoms with Crippen molar-refractivity contribution >= 4 is 23.2 Å². The van der Waals surface area contributed by atoms with Crippen molar-refractivity contribution in [2.24, 2.45) is 0 Å². The smallest absolute Gasteiger partial charge is 0.349 e. The molecule has 0 saturated heterocycles. The highest BCUT2D eigenvalue weighted by atomic mass is 35.5. The number of rotatable bonds is 4. The number of nitrogens with one attached hydrogen (secondary N) is 1. The third-order valence-electron chi connectivity index (χ3n) is 4.20. The van der Waals surface area contributed by atoms with E-state index < -0.39 is 28.3 Å². The average Bonchev–Trinajstić information content (AvgIpc) is 2.77. The van der Waals surface area contributed by atoms with E-state index >= 15 is 0 Å². The number of nitriles is 1. The normalized spacial score (nSPS) is 10.6. The number of H-pyrrole nitrogens is 1. The van der Waals surface area contributed by atoms with E-state index in [0.717, 1.165) is 21.5 Å². The fourth-order valence-electron chi connectivity index (χ4n) is 2.76. The van der Waals surface area contributed by atoms with E-state index in [-0.39, 0.29) is 33.0 Å². The highest BCUT2D eigenvalue weighted by Gasteiger charge is 2.16. The van der Waals surface area contributed by atoms with E-state index in [1.54, 1.807) is 6.07 Å². The van der Waals surface area contributed by atoms with Crippen LogP contribution in [0, 0.1) is 17.1 Å². The van der Waals surface area contributed by atoms with Gasteiger partial charge in [-0.25, -0.2) is 9.18 Å². The lowest BCUT2D eigenvalue weighted by Crippen LogP contribution is -2.33. The molecular weight excluding hydrogens is 478 g/mol. The van der Waals surface area contributed by atoms with Crippen LogP contribution >= 0.6 is 23.2 Å². The number of ether oxygens (including phenoxy) is 1. The van der Waals surface area contributed by atoms with Gasteiger partial charge in [-0.1, -0.05) is 29.3 Å². The van der Waals surface area contributed by atoms with Crippen molar-refractivity contribution in [3.63, 3.8) is 0 Å². The number of aromatic amines is 1.